The Bertz CT molecular complexity index is 346. The average Bonchev–Trinajstić information content (AvgIpc) is 2.29. The molecule has 0 unspecified atom stereocenters. The number of benzene rings is 1. The van der Waals surface area contributed by atoms with Gasteiger partial charge in [0.1, 0.15) is 0 Å². The van der Waals surface area contributed by atoms with E-state index in [-0.39, 0.29) is 18.6 Å². The van der Waals surface area contributed by atoms with Crippen LogP contribution in [0.2, 0.25) is 0 Å². The van der Waals surface area contributed by atoms with Crippen LogP contribution in [0.5, 0.6) is 0 Å². The number of hydrogen-bond donors (Lipinski definition) is 2. The topological polar surface area (TPSA) is 49.3 Å². The summed E-state index contributed by atoms with van der Waals surface area (Å²) in [4.78, 5) is 11.7. The molecule has 1 amide bonds. The van der Waals surface area contributed by atoms with E-state index in [0.717, 1.165) is 17.5 Å². The second-order valence-corrected chi connectivity index (χ2v) is 3.96. The molecular weight excluding hydrogens is 202 g/mol. The molecule has 1 rings (SSSR count). The first-order valence-electron chi connectivity index (χ1n) is 5.62. The minimum atomic E-state index is -0.128. The van der Waals surface area contributed by atoms with E-state index in [4.69, 9.17) is 5.11 Å². The summed E-state index contributed by atoms with van der Waals surface area (Å²) in [6.45, 7) is 3.93. The lowest BCUT2D eigenvalue weighted by Crippen LogP contribution is -2.37. The highest BCUT2D eigenvalue weighted by molar-refractivity contribution is 5.79. The Morgan fingerprint density at radius 2 is 2.12 bits per heavy atom. The monoisotopic (exact) mass is 221 g/mol. The molecule has 1 aromatic carbocycles. The van der Waals surface area contributed by atoms with Crippen molar-refractivity contribution in [1.82, 2.24) is 5.32 Å². The van der Waals surface area contributed by atoms with Crippen molar-refractivity contribution >= 4 is 5.91 Å². The summed E-state index contributed by atoms with van der Waals surface area (Å²) in [7, 11) is 0. The molecule has 0 aromatic heterocycles. The number of aliphatic hydroxyl groups excluding tert-OH is 1. The smallest absolute Gasteiger partial charge is 0.224 e. The Hall–Kier alpha value is -1.35. The number of rotatable bonds is 5. The maximum absolute atomic E-state index is 11.7. The fourth-order valence-corrected chi connectivity index (χ4v) is 1.54. The first-order valence-corrected chi connectivity index (χ1v) is 5.62. The van der Waals surface area contributed by atoms with Crippen LogP contribution in [-0.4, -0.2) is 23.7 Å². The number of aryl methyl sites for hydroxylation is 1. The van der Waals surface area contributed by atoms with Crippen molar-refractivity contribution in [2.75, 3.05) is 6.61 Å². The maximum Gasteiger partial charge on any atom is 0.224 e. The zero-order chi connectivity index (χ0) is 12.0. The van der Waals surface area contributed by atoms with Crippen LogP contribution in [0.4, 0.5) is 0 Å². The molecule has 0 saturated heterocycles. The van der Waals surface area contributed by atoms with Crippen LogP contribution in [0.1, 0.15) is 24.5 Å². The fourth-order valence-electron chi connectivity index (χ4n) is 1.54. The lowest BCUT2D eigenvalue weighted by molar-refractivity contribution is -0.121. The Kier molecular flexibility index (Phi) is 4.99. The first-order chi connectivity index (χ1) is 7.67. The zero-order valence-electron chi connectivity index (χ0n) is 9.86. The van der Waals surface area contributed by atoms with Gasteiger partial charge in [-0.05, 0) is 24.5 Å². The SMILES string of the molecule is CC[C@@H](CO)NC(=O)Cc1ccccc1C. The minimum Gasteiger partial charge on any atom is -0.394 e. The van der Waals surface area contributed by atoms with Crippen LogP contribution in [-0.2, 0) is 11.2 Å². The molecule has 0 heterocycles. The molecule has 0 fully saturated rings. The predicted octanol–water partition coefficient (Wildman–Crippen LogP) is 1.42. The van der Waals surface area contributed by atoms with Gasteiger partial charge in [0.15, 0.2) is 0 Å². The van der Waals surface area contributed by atoms with E-state index in [2.05, 4.69) is 5.32 Å². The van der Waals surface area contributed by atoms with E-state index < -0.39 is 0 Å². The lowest BCUT2D eigenvalue weighted by Gasteiger charge is -2.14. The normalized spacial score (nSPS) is 12.2. The van der Waals surface area contributed by atoms with Crippen LogP contribution in [0.3, 0.4) is 0 Å². The zero-order valence-corrected chi connectivity index (χ0v) is 9.86. The quantitative estimate of drug-likeness (QED) is 0.790. The predicted molar refractivity (Wildman–Crippen MR) is 64.2 cm³/mol. The van der Waals surface area contributed by atoms with Gasteiger partial charge in [0.25, 0.3) is 0 Å². The van der Waals surface area contributed by atoms with E-state index in [0.29, 0.717) is 6.42 Å². The molecule has 0 bridgehead atoms. The van der Waals surface area contributed by atoms with E-state index in [9.17, 15) is 4.79 Å². The van der Waals surface area contributed by atoms with Crippen molar-refractivity contribution in [3.8, 4) is 0 Å². The van der Waals surface area contributed by atoms with E-state index in [1.807, 2.05) is 38.1 Å². The lowest BCUT2D eigenvalue weighted by atomic mass is 10.1. The molecule has 2 N–H and O–H groups in total. The molecule has 88 valence electrons. The molecule has 1 atom stereocenters. The molecule has 3 nitrogen and oxygen atoms in total. The highest BCUT2D eigenvalue weighted by Crippen LogP contribution is 2.07. The summed E-state index contributed by atoms with van der Waals surface area (Å²) in [5.41, 5.74) is 2.16. The second kappa shape index (κ2) is 6.28. The number of carbonyl (C=O) groups excluding carboxylic acids is 1. The van der Waals surface area contributed by atoms with Crippen molar-refractivity contribution in [3.05, 3.63) is 35.4 Å². The van der Waals surface area contributed by atoms with Gasteiger partial charge in [-0.2, -0.15) is 0 Å². The van der Waals surface area contributed by atoms with Crippen LogP contribution in [0, 0.1) is 6.92 Å². The van der Waals surface area contributed by atoms with E-state index in [1.54, 1.807) is 0 Å². The van der Waals surface area contributed by atoms with Gasteiger partial charge in [0.2, 0.25) is 5.91 Å². The van der Waals surface area contributed by atoms with E-state index >= 15 is 0 Å². The summed E-state index contributed by atoms with van der Waals surface area (Å²) < 4.78 is 0. The van der Waals surface area contributed by atoms with Gasteiger partial charge < -0.3 is 10.4 Å². The van der Waals surface area contributed by atoms with Gasteiger partial charge in [-0.1, -0.05) is 31.2 Å². The number of carbonyl (C=O) groups is 1. The summed E-state index contributed by atoms with van der Waals surface area (Å²) in [6.07, 6.45) is 1.12. The third-order valence-electron chi connectivity index (χ3n) is 2.69. The highest BCUT2D eigenvalue weighted by Gasteiger charge is 2.10. The summed E-state index contributed by atoms with van der Waals surface area (Å²) >= 11 is 0. The van der Waals surface area contributed by atoms with Gasteiger partial charge in [0.05, 0.1) is 19.1 Å². The third-order valence-corrected chi connectivity index (χ3v) is 2.69. The molecular formula is C13H19NO2. The Balaban J connectivity index is 2.55. The van der Waals surface area contributed by atoms with Crippen molar-refractivity contribution in [2.45, 2.75) is 32.7 Å². The van der Waals surface area contributed by atoms with Crippen molar-refractivity contribution < 1.29 is 9.90 Å². The van der Waals surface area contributed by atoms with Gasteiger partial charge >= 0.3 is 0 Å². The highest BCUT2D eigenvalue weighted by atomic mass is 16.3. The van der Waals surface area contributed by atoms with Crippen LogP contribution < -0.4 is 5.32 Å². The fraction of sp³-hybridized carbons (Fsp3) is 0.462. The van der Waals surface area contributed by atoms with Crippen LogP contribution in [0.25, 0.3) is 0 Å². The Morgan fingerprint density at radius 1 is 1.44 bits per heavy atom. The summed E-state index contributed by atoms with van der Waals surface area (Å²) in [5, 5.41) is 11.8. The molecule has 0 aliphatic rings. The molecule has 0 aliphatic heterocycles. The van der Waals surface area contributed by atoms with Gasteiger partial charge in [-0.15, -0.1) is 0 Å². The number of amides is 1. The number of hydrogen-bond acceptors (Lipinski definition) is 2. The van der Waals surface area contributed by atoms with Crippen molar-refractivity contribution in [2.24, 2.45) is 0 Å². The average molecular weight is 221 g/mol. The number of aliphatic hydroxyl groups is 1. The van der Waals surface area contributed by atoms with Gasteiger partial charge in [-0.3, -0.25) is 4.79 Å². The largest absolute Gasteiger partial charge is 0.394 e. The number of nitrogens with one attached hydrogen (secondary N) is 1. The minimum absolute atomic E-state index is 0.00396. The van der Waals surface area contributed by atoms with Crippen LogP contribution >= 0.6 is 0 Å². The molecule has 16 heavy (non-hydrogen) atoms. The standard InChI is InChI=1S/C13H19NO2/c1-3-12(9-15)14-13(16)8-11-7-5-4-6-10(11)2/h4-7,12,15H,3,8-9H2,1-2H3,(H,14,16)/t12-/m0/s1. The van der Waals surface area contributed by atoms with Gasteiger partial charge in [-0.25, -0.2) is 0 Å². The molecule has 0 aliphatic carbocycles. The molecule has 1 aromatic rings. The van der Waals surface area contributed by atoms with Gasteiger partial charge in [0, 0.05) is 0 Å². The van der Waals surface area contributed by atoms with Crippen molar-refractivity contribution in [1.29, 1.82) is 0 Å². The molecule has 0 saturated carbocycles. The summed E-state index contributed by atoms with van der Waals surface area (Å²) in [5.74, 6) is -0.0322. The Morgan fingerprint density at radius 3 is 2.69 bits per heavy atom. The first kappa shape index (κ1) is 12.7. The van der Waals surface area contributed by atoms with Crippen LogP contribution in [0.15, 0.2) is 24.3 Å². The summed E-state index contributed by atoms with van der Waals surface area (Å²) in [6, 6.07) is 7.70. The molecule has 0 spiro atoms. The Labute approximate surface area is 96.5 Å². The molecule has 3 heteroatoms. The molecule has 0 radical (unpaired) electrons. The van der Waals surface area contributed by atoms with E-state index in [1.165, 1.54) is 0 Å². The third kappa shape index (κ3) is 3.66. The second-order valence-electron chi connectivity index (χ2n) is 3.96. The van der Waals surface area contributed by atoms with Crippen molar-refractivity contribution in [3.63, 3.8) is 0 Å². The maximum atomic E-state index is 11.7.